The minimum absolute atomic E-state index is 0.0397. The van der Waals surface area contributed by atoms with E-state index in [1.807, 2.05) is 0 Å². The van der Waals surface area contributed by atoms with E-state index in [2.05, 4.69) is 4.98 Å². The van der Waals surface area contributed by atoms with Gasteiger partial charge in [0.2, 0.25) is 0 Å². The third-order valence-electron chi connectivity index (χ3n) is 4.85. The van der Waals surface area contributed by atoms with Crippen molar-refractivity contribution in [3.63, 3.8) is 0 Å². The molecule has 1 N–H and O–H groups in total. The van der Waals surface area contributed by atoms with Crippen molar-refractivity contribution in [2.45, 2.75) is 19.5 Å². The maximum absolute atomic E-state index is 13.6. The molecule has 146 valence electrons. The highest BCUT2D eigenvalue weighted by Crippen LogP contribution is 2.39. The number of Topliss-reactive ketones (excluding diaryl/α,β-unsaturated/α-hetero) is 1. The van der Waals surface area contributed by atoms with Gasteiger partial charge in [-0.15, -0.1) is 0 Å². The van der Waals surface area contributed by atoms with Gasteiger partial charge in [0, 0.05) is 11.8 Å². The molecule has 3 aromatic rings. The van der Waals surface area contributed by atoms with Crippen molar-refractivity contribution < 1.29 is 23.5 Å². The van der Waals surface area contributed by atoms with Gasteiger partial charge in [-0.1, -0.05) is 6.07 Å². The van der Waals surface area contributed by atoms with Gasteiger partial charge in [0.25, 0.3) is 11.7 Å². The zero-order chi connectivity index (χ0) is 20.5. The van der Waals surface area contributed by atoms with Crippen LogP contribution in [0.5, 0.6) is 0 Å². The molecule has 6 nitrogen and oxygen atoms in total. The first-order chi connectivity index (χ1) is 14.0. The molecular formula is C22H17FN2O4. The van der Waals surface area contributed by atoms with Gasteiger partial charge in [0.1, 0.15) is 23.4 Å². The Hall–Kier alpha value is -3.74. The Morgan fingerprint density at radius 2 is 2.03 bits per heavy atom. The minimum atomic E-state index is -0.897. The summed E-state index contributed by atoms with van der Waals surface area (Å²) in [4.78, 5) is 31.2. The maximum Gasteiger partial charge on any atom is 0.296 e. The molecule has 1 saturated heterocycles. The van der Waals surface area contributed by atoms with Gasteiger partial charge in [-0.05, 0) is 55.0 Å². The van der Waals surface area contributed by atoms with Crippen LogP contribution in [0.3, 0.4) is 0 Å². The predicted octanol–water partition coefficient (Wildman–Crippen LogP) is 3.74. The highest BCUT2D eigenvalue weighted by molar-refractivity contribution is 6.46. The lowest BCUT2D eigenvalue weighted by atomic mass is 9.97. The number of aliphatic hydroxyl groups excluding tert-OH is 1. The van der Waals surface area contributed by atoms with Crippen molar-refractivity contribution in [3.05, 3.63) is 95.0 Å². The monoisotopic (exact) mass is 392 g/mol. The van der Waals surface area contributed by atoms with Crippen molar-refractivity contribution in [3.8, 4) is 0 Å². The fourth-order valence-electron chi connectivity index (χ4n) is 3.41. The molecule has 2 aromatic heterocycles. The number of amides is 1. The van der Waals surface area contributed by atoms with E-state index >= 15 is 0 Å². The summed E-state index contributed by atoms with van der Waals surface area (Å²) in [6, 6.07) is 11.6. The van der Waals surface area contributed by atoms with Gasteiger partial charge in [-0.2, -0.15) is 0 Å². The van der Waals surface area contributed by atoms with Crippen LogP contribution >= 0.6 is 0 Å². The molecule has 0 radical (unpaired) electrons. The van der Waals surface area contributed by atoms with E-state index in [0.29, 0.717) is 17.0 Å². The molecule has 1 aliphatic rings. The fourth-order valence-corrected chi connectivity index (χ4v) is 3.41. The van der Waals surface area contributed by atoms with Gasteiger partial charge in [-0.25, -0.2) is 4.39 Å². The van der Waals surface area contributed by atoms with Crippen LogP contribution in [-0.2, 0) is 16.1 Å². The molecule has 1 atom stereocenters. The van der Waals surface area contributed by atoms with Crippen LogP contribution in [0, 0.1) is 12.7 Å². The van der Waals surface area contributed by atoms with E-state index < -0.39 is 23.5 Å². The Balaban J connectivity index is 1.87. The zero-order valence-electron chi connectivity index (χ0n) is 15.5. The number of aromatic nitrogens is 1. The van der Waals surface area contributed by atoms with E-state index in [4.69, 9.17) is 4.42 Å². The summed E-state index contributed by atoms with van der Waals surface area (Å²) >= 11 is 0. The van der Waals surface area contributed by atoms with Crippen LogP contribution in [0.15, 0.2) is 71.0 Å². The summed E-state index contributed by atoms with van der Waals surface area (Å²) in [6.07, 6.45) is 3.02. The van der Waals surface area contributed by atoms with E-state index in [0.717, 1.165) is 0 Å². The van der Waals surface area contributed by atoms with Crippen LogP contribution < -0.4 is 0 Å². The van der Waals surface area contributed by atoms with E-state index in [1.165, 1.54) is 29.4 Å². The number of aliphatic hydroxyl groups is 1. The van der Waals surface area contributed by atoms with E-state index in [9.17, 15) is 19.1 Å². The van der Waals surface area contributed by atoms with Crippen molar-refractivity contribution in [2.75, 3.05) is 0 Å². The number of likely N-dealkylation sites (tertiary alicyclic amines) is 1. The molecule has 1 amide bonds. The van der Waals surface area contributed by atoms with Crippen LogP contribution in [-0.4, -0.2) is 26.7 Å². The number of hydrogen-bond donors (Lipinski definition) is 1. The number of halogens is 1. The average Bonchev–Trinajstić information content (AvgIpc) is 3.32. The SMILES string of the molecule is Cc1cc(/C(O)=C2/C(=O)C(=O)N(Cc3ccco3)C2c2ccccn2)ccc1F. The first kappa shape index (κ1) is 18.6. The number of carbonyl (C=O) groups excluding carboxylic acids is 2. The van der Waals surface area contributed by atoms with Gasteiger partial charge in [0.15, 0.2) is 0 Å². The molecule has 4 rings (SSSR count). The summed E-state index contributed by atoms with van der Waals surface area (Å²) in [5.74, 6) is -1.90. The molecule has 0 aliphatic carbocycles. The lowest BCUT2D eigenvalue weighted by Gasteiger charge is -2.23. The van der Waals surface area contributed by atoms with Gasteiger partial charge in [-0.3, -0.25) is 14.6 Å². The minimum Gasteiger partial charge on any atom is -0.507 e. The average molecular weight is 392 g/mol. The Bertz CT molecular complexity index is 1110. The second kappa shape index (κ2) is 7.35. The molecule has 3 heterocycles. The Morgan fingerprint density at radius 1 is 1.21 bits per heavy atom. The zero-order valence-corrected chi connectivity index (χ0v) is 15.5. The molecule has 0 bridgehead atoms. The molecule has 0 spiro atoms. The van der Waals surface area contributed by atoms with Crippen molar-refractivity contribution in [1.29, 1.82) is 0 Å². The molecule has 1 aromatic carbocycles. The third kappa shape index (κ3) is 3.31. The standard InChI is InChI=1S/C22H17FN2O4/c1-13-11-14(7-8-16(13)23)20(26)18-19(17-6-2-3-9-24-17)25(22(28)21(18)27)12-15-5-4-10-29-15/h2-11,19,26H,12H2,1H3/b20-18-. The molecule has 7 heteroatoms. The van der Waals surface area contributed by atoms with Gasteiger partial charge in [0.05, 0.1) is 24.1 Å². The number of benzene rings is 1. The van der Waals surface area contributed by atoms with Crippen molar-refractivity contribution in [1.82, 2.24) is 9.88 Å². The molecule has 1 aliphatic heterocycles. The summed E-state index contributed by atoms with van der Waals surface area (Å²) < 4.78 is 19.0. The smallest absolute Gasteiger partial charge is 0.296 e. The number of furan rings is 1. The maximum atomic E-state index is 13.6. The first-order valence-corrected chi connectivity index (χ1v) is 8.95. The molecule has 1 unspecified atom stereocenters. The summed E-state index contributed by atoms with van der Waals surface area (Å²) in [6.45, 7) is 1.59. The molecule has 29 heavy (non-hydrogen) atoms. The molecule has 0 saturated carbocycles. The van der Waals surface area contributed by atoms with Crippen LogP contribution in [0.1, 0.15) is 28.6 Å². The number of hydrogen-bond acceptors (Lipinski definition) is 5. The Labute approximate surface area is 165 Å². The predicted molar refractivity (Wildman–Crippen MR) is 102 cm³/mol. The lowest BCUT2D eigenvalue weighted by Crippen LogP contribution is -2.29. The summed E-state index contributed by atoms with van der Waals surface area (Å²) in [5.41, 5.74) is 0.902. The summed E-state index contributed by atoms with van der Waals surface area (Å²) in [7, 11) is 0. The summed E-state index contributed by atoms with van der Waals surface area (Å²) in [5, 5.41) is 10.9. The molecular weight excluding hydrogens is 375 g/mol. The normalized spacial score (nSPS) is 18.4. The highest BCUT2D eigenvalue weighted by Gasteiger charge is 2.47. The van der Waals surface area contributed by atoms with E-state index in [-0.39, 0.29) is 23.4 Å². The second-order valence-electron chi connectivity index (χ2n) is 6.72. The third-order valence-corrected chi connectivity index (χ3v) is 4.85. The van der Waals surface area contributed by atoms with Crippen molar-refractivity contribution in [2.24, 2.45) is 0 Å². The topological polar surface area (TPSA) is 83.6 Å². The van der Waals surface area contributed by atoms with Crippen LogP contribution in [0.25, 0.3) is 5.76 Å². The van der Waals surface area contributed by atoms with Gasteiger partial charge >= 0.3 is 0 Å². The lowest BCUT2D eigenvalue weighted by molar-refractivity contribution is -0.140. The number of carbonyl (C=O) groups is 2. The van der Waals surface area contributed by atoms with Crippen molar-refractivity contribution >= 4 is 17.4 Å². The Kier molecular flexibility index (Phi) is 4.72. The highest BCUT2D eigenvalue weighted by atomic mass is 19.1. The van der Waals surface area contributed by atoms with Crippen LogP contribution in [0.4, 0.5) is 4.39 Å². The quantitative estimate of drug-likeness (QED) is 0.415. The molecule has 1 fully saturated rings. The van der Waals surface area contributed by atoms with E-state index in [1.54, 1.807) is 43.5 Å². The number of ketones is 1. The van der Waals surface area contributed by atoms with Crippen LogP contribution in [0.2, 0.25) is 0 Å². The first-order valence-electron chi connectivity index (χ1n) is 8.95. The Morgan fingerprint density at radius 3 is 2.69 bits per heavy atom. The van der Waals surface area contributed by atoms with Gasteiger partial charge < -0.3 is 14.4 Å². The number of aryl methyl sites for hydroxylation is 1. The second-order valence-corrected chi connectivity index (χ2v) is 6.72. The number of pyridine rings is 1. The number of rotatable bonds is 4. The largest absolute Gasteiger partial charge is 0.507 e. The fraction of sp³-hybridized carbons (Fsp3) is 0.136. The number of nitrogens with zero attached hydrogens (tertiary/aromatic N) is 2.